The average Bonchev–Trinajstić information content (AvgIpc) is 2.27. The van der Waals surface area contributed by atoms with Crippen molar-refractivity contribution in [3.63, 3.8) is 0 Å². The molecule has 1 unspecified atom stereocenters. The summed E-state index contributed by atoms with van der Waals surface area (Å²) in [5, 5.41) is 0. The Kier molecular flexibility index (Phi) is 4.61. The Morgan fingerprint density at radius 2 is 2.07 bits per heavy atom. The fourth-order valence-electron chi connectivity index (χ4n) is 1.05. The number of esters is 1. The van der Waals surface area contributed by atoms with E-state index in [0.717, 1.165) is 12.0 Å². The van der Waals surface area contributed by atoms with Gasteiger partial charge in [0.2, 0.25) is 0 Å². The van der Waals surface area contributed by atoms with Gasteiger partial charge in [0.1, 0.15) is 0 Å². The van der Waals surface area contributed by atoms with Crippen LogP contribution in [-0.2, 0) is 9.53 Å². The van der Waals surface area contributed by atoms with Crippen molar-refractivity contribution in [3.05, 3.63) is 42.0 Å². The maximum absolute atomic E-state index is 11.3. The Labute approximate surface area is 90.6 Å². The van der Waals surface area contributed by atoms with Crippen LogP contribution in [0.3, 0.4) is 0 Å². The van der Waals surface area contributed by atoms with Gasteiger partial charge in [0.05, 0.1) is 6.10 Å². The van der Waals surface area contributed by atoms with Crippen LogP contribution in [0, 0.1) is 0 Å². The molecule has 0 aliphatic rings. The Morgan fingerprint density at radius 3 is 2.67 bits per heavy atom. The van der Waals surface area contributed by atoms with E-state index in [1.807, 2.05) is 44.2 Å². The first-order valence-electron chi connectivity index (χ1n) is 5.16. The van der Waals surface area contributed by atoms with Crippen LogP contribution in [0.2, 0.25) is 0 Å². The maximum Gasteiger partial charge on any atom is 0.331 e. The van der Waals surface area contributed by atoms with Crippen LogP contribution in [0.1, 0.15) is 25.8 Å². The van der Waals surface area contributed by atoms with Crippen molar-refractivity contribution in [2.45, 2.75) is 26.4 Å². The van der Waals surface area contributed by atoms with Gasteiger partial charge in [-0.1, -0.05) is 37.3 Å². The summed E-state index contributed by atoms with van der Waals surface area (Å²) < 4.78 is 5.10. The highest BCUT2D eigenvalue weighted by molar-refractivity contribution is 5.87. The molecule has 0 bridgehead atoms. The molecule has 1 aromatic carbocycles. The highest BCUT2D eigenvalue weighted by Crippen LogP contribution is 2.02. The summed E-state index contributed by atoms with van der Waals surface area (Å²) in [7, 11) is 0. The molecule has 80 valence electrons. The van der Waals surface area contributed by atoms with Crippen LogP contribution >= 0.6 is 0 Å². The molecule has 0 saturated carbocycles. The van der Waals surface area contributed by atoms with Crippen molar-refractivity contribution in [2.24, 2.45) is 0 Å². The Morgan fingerprint density at radius 1 is 1.40 bits per heavy atom. The summed E-state index contributed by atoms with van der Waals surface area (Å²) in [6, 6.07) is 9.67. The van der Waals surface area contributed by atoms with E-state index >= 15 is 0 Å². The van der Waals surface area contributed by atoms with Crippen LogP contribution in [-0.4, -0.2) is 12.1 Å². The monoisotopic (exact) mass is 204 g/mol. The molecule has 2 heteroatoms. The van der Waals surface area contributed by atoms with Gasteiger partial charge in [-0.2, -0.15) is 0 Å². The van der Waals surface area contributed by atoms with Crippen molar-refractivity contribution < 1.29 is 9.53 Å². The zero-order valence-corrected chi connectivity index (χ0v) is 9.14. The molecule has 0 aliphatic carbocycles. The second-order valence-corrected chi connectivity index (χ2v) is 3.40. The van der Waals surface area contributed by atoms with Gasteiger partial charge in [-0.15, -0.1) is 0 Å². The van der Waals surface area contributed by atoms with E-state index in [0.29, 0.717) is 0 Å². The van der Waals surface area contributed by atoms with Gasteiger partial charge in [-0.25, -0.2) is 4.79 Å². The number of benzene rings is 1. The lowest BCUT2D eigenvalue weighted by Gasteiger charge is -2.07. The van der Waals surface area contributed by atoms with Crippen molar-refractivity contribution in [3.8, 4) is 0 Å². The highest BCUT2D eigenvalue weighted by atomic mass is 16.5. The van der Waals surface area contributed by atoms with Crippen LogP contribution < -0.4 is 0 Å². The van der Waals surface area contributed by atoms with Gasteiger partial charge in [0.15, 0.2) is 0 Å². The fraction of sp³-hybridized carbons (Fsp3) is 0.308. The molecule has 2 nitrogen and oxygen atoms in total. The standard InChI is InChI=1S/C13H16O2/c1-3-11(2)15-13(14)10-9-12-7-5-4-6-8-12/h4-11H,3H2,1-2H3/b10-9+. The SMILES string of the molecule is CCC(C)OC(=O)/C=C/c1ccccc1. The van der Waals surface area contributed by atoms with E-state index in [9.17, 15) is 4.79 Å². The largest absolute Gasteiger partial charge is 0.460 e. The molecule has 0 aromatic heterocycles. The van der Waals surface area contributed by atoms with Crippen molar-refractivity contribution in [1.82, 2.24) is 0 Å². The topological polar surface area (TPSA) is 26.3 Å². The summed E-state index contributed by atoms with van der Waals surface area (Å²) in [6.07, 6.45) is 4.04. The van der Waals surface area contributed by atoms with Gasteiger partial charge in [-0.05, 0) is 25.0 Å². The first-order chi connectivity index (χ1) is 7.22. The Balaban J connectivity index is 2.48. The van der Waals surface area contributed by atoms with Gasteiger partial charge in [0, 0.05) is 6.08 Å². The minimum atomic E-state index is -0.284. The summed E-state index contributed by atoms with van der Waals surface area (Å²) in [5.41, 5.74) is 0.999. The van der Waals surface area contributed by atoms with E-state index < -0.39 is 0 Å². The quantitative estimate of drug-likeness (QED) is 0.556. The van der Waals surface area contributed by atoms with E-state index in [-0.39, 0.29) is 12.1 Å². The maximum atomic E-state index is 11.3. The minimum absolute atomic E-state index is 0.0158. The molecule has 0 fully saturated rings. The third kappa shape index (κ3) is 4.45. The van der Waals surface area contributed by atoms with Gasteiger partial charge >= 0.3 is 5.97 Å². The molecule has 1 atom stereocenters. The van der Waals surface area contributed by atoms with E-state index in [1.165, 1.54) is 6.08 Å². The Hall–Kier alpha value is -1.57. The number of ether oxygens (including phenoxy) is 1. The van der Waals surface area contributed by atoms with E-state index in [1.54, 1.807) is 6.08 Å². The third-order valence-corrected chi connectivity index (χ3v) is 2.10. The molecule has 1 aromatic rings. The lowest BCUT2D eigenvalue weighted by atomic mass is 10.2. The summed E-state index contributed by atoms with van der Waals surface area (Å²) in [5.74, 6) is -0.284. The summed E-state index contributed by atoms with van der Waals surface area (Å²) in [6.45, 7) is 3.87. The average molecular weight is 204 g/mol. The molecule has 0 saturated heterocycles. The number of carbonyl (C=O) groups is 1. The number of hydrogen-bond acceptors (Lipinski definition) is 2. The van der Waals surface area contributed by atoms with Crippen LogP contribution in [0.25, 0.3) is 6.08 Å². The fourth-order valence-corrected chi connectivity index (χ4v) is 1.05. The van der Waals surface area contributed by atoms with Crippen molar-refractivity contribution in [2.75, 3.05) is 0 Å². The molecule has 0 heterocycles. The van der Waals surface area contributed by atoms with Crippen molar-refractivity contribution in [1.29, 1.82) is 0 Å². The van der Waals surface area contributed by atoms with Crippen molar-refractivity contribution >= 4 is 12.0 Å². The van der Waals surface area contributed by atoms with E-state index in [4.69, 9.17) is 4.74 Å². The van der Waals surface area contributed by atoms with Gasteiger partial charge in [-0.3, -0.25) is 0 Å². The molecular formula is C13H16O2. The lowest BCUT2D eigenvalue weighted by Crippen LogP contribution is -2.11. The molecule has 0 N–H and O–H groups in total. The first-order valence-corrected chi connectivity index (χ1v) is 5.16. The molecule has 0 spiro atoms. The van der Waals surface area contributed by atoms with Gasteiger partial charge < -0.3 is 4.74 Å². The van der Waals surface area contributed by atoms with E-state index in [2.05, 4.69) is 0 Å². The lowest BCUT2D eigenvalue weighted by molar-refractivity contribution is -0.142. The second kappa shape index (κ2) is 6.02. The molecular weight excluding hydrogens is 188 g/mol. The van der Waals surface area contributed by atoms with Crippen LogP contribution in [0.15, 0.2) is 36.4 Å². The number of carbonyl (C=O) groups excluding carboxylic acids is 1. The zero-order chi connectivity index (χ0) is 11.1. The molecule has 1 rings (SSSR count). The first kappa shape index (κ1) is 11.5. The highest BCUT2D eigenvalue weighted by Gasteiger charge is 2.02. The summed E-state index contributed by atoms with van der Waals surface area (Å²) >= 11 is 0. The predicted molar refractivity (Wildman–Crippen MR) is 61.3 cm³/mol. The number of hydrogen-bond donors (Lipinski definition) is 0. The second-order valence-electron chi connectivity index (χ2n) is 3.40. The Bertz CT molecular complexity index is 328. The molecule has 15 heavy (non-hydrogen) atoms. The van der Waals surface area contributed by atoms with Gasteiger partial charge in [0.25, 0.3) is 0 Å². The van der Waals surface area contributed by atoms with Crippen LogP contribution in [0.4, 0.5) is 0 Å². The minimum Gasteiger partial charge on any atom is -0.460 e. The molecule has 0 aliphatic heterocycles. The predicted octanol–water partition coefficient (Wildman–Crippen LogP) is 3.04. The molecule has 0 radical (unpaired) electrons. The smallest absolute Gasteiger partial charge is 0.331 e. The summed E-state index contributed by atoms with van der Waals surface area (Å²) in [4.78, 5) is 11.3. The van der Waals surface area contributed by atoms with Crippen LogP contribution in [0.5, 0.6) is 0 Å². The molecule has 0 amide bonds. The normalized spacial score (nSPS) is 12.7. The number of rotatable bonds is 4. The zero-order valence-electron chi connectivity index (χ0n) is 9.14. The third-order valence-electron chi connectivity index (χ3n) is 2.10.